The number of halogens is 1. The molecule has 3 heterocycles. The molecular formula is C21H23BrN5O2+. The minimum atomic E-state index is -0.605. The first-order chi connectivity index (χ1) is 13.6. The minimum Gasteiger partial charge on any atom is -0.414 e. The van der Waals surface area contributed by atoms with Crippen LogP contribution in [0.5, 0.6) is 0 Å². The number of amides is 1. The first-order valence-electron chi connectivity index (χ1n) is 9.28. The third-order valence-corrected chi connectivity index (χ3v) is 5.24. The van der Waals surface area contributed by atoms with Crippen molar-refractivity contribution >= 4 is 56.6 Å². The number of H-pyrrole nitrogens is 1. The Kier molecular flexibility index (Phi) is 4.51. The summed E-state index contributed by atoms with van der Waals surface area (Å²) in [5.74, 6) is 0.608. The number of carbonyl (C=O) groups excluding carboxylic acids is 1. The van der Waals surface area contributed by atoms with Gasteiger partial charge in [-0.2, -0.15) is 9.79 Å². The Morgan fingerprint density at radius 1 is 1.28 bits per heavy atom. The number of aliphatic imine (C=N–C) groups is 1. The van der Waals surface area contributed by atoms with Crippen LogP contribution >= 0.6 is 15.9 Å². The van der Waals surface area contributed by atoms with Gasteiger partial charge in [0.25, 0.3) is 0 Å². The van der Waals surface area contributed by atoms with Gasteiger partial charge in [-0.05, 0) is 44.5 Å². The van der Waals surface area contributed by atoms with Crippen LogP contribution in [-0.4, -0.2) is 42.1 Å². The van der Waals surface area contributed by atoms with Crippen LogP contribution in [0.2, 0.25) is 0 Å². The lowest BCUT2D eigenvalue weighted by Crippen LogP contribution is -2.50. The molecule has 8 heteroatoms. The monoisotopic (exact) mass is 456 g/mol. The maximum atomic E-state index is 13.1. The average Bonchev–Trinajstić information content (AvgIpc) is 3.21. The average molecular weight is 457 g/mol. The molecule has 29 heavy (non-hydrogen) atoms. The highest BCUT2D eigenvalue weighted by molar-refractivity contribution is 9.10. The highest BCUT2D eigenvalue weighted by Gasteiger charge is 2.46. The quantitative estimate of drug-likeness (QED) is 0.493. The summed E-state index contributed by atoms with van der Waals surface area (Å²) >= 11 is 3.52. The molecule has 1 aromatic carbocycles. The summed E-state index contributed by atoms with van der Waals surface area (Å²) in [5, 5.41) is 3.92. The lowest BCUT2D eigenvalue weighted by molar-refractivity contribution is 0.0418. The van der Waals surface area contributed by atoms with Gasteiger partial charge in [0.05, 0.1) is 12.4 Å². The number of aromatic nitrogens is 2. The van der Waals surface area contributed by atoms with Gasteiger partial charge < -0.3 is 15.0 Å². The van der Waals surface area contributed by atoms with Crippen LogP contribution in [0.3, 0.4) is 0 Å². The van der Waals surface area contributed by atoms with Crippen LogP contribution in [0.15, 0.2) is 39.8 Å². The number of hydrogen-bond acceptors (Lipinski definition) is 5. The van der Waals surface area contributed by atoms with Crippen molar-refractivity contribution in [3.63, 3.8) is 0 Å². The van der Waals surface area contributed by atoms with E-state index in [1.807, 2.05) is 51.1 Å². The summed E-state index contributed by atoms with van der Waals surface area (Å²) in [6.45, 7) is 5.57. The van der Waals surface area contributed by atoms with Gasteiger partial charge >= 0.3 is 6.09 Å². The van der Waals surface area contributed by atoms with E-state index in [1.54, 1.807) is 20.4 Å². The van der Waals surface area contributed by atoms with Crippen molar-refractivity contribution in [2.45, 2.75) is 26.4 Å². The van der Waals surface area contributed by atoms with E-state index < -0.39 is 5.60 Å². The number of aromatic amines is 1. The molecule has 1 unspecified atom stereocenters. The number of anilines is 1. The van der Waals surface area contributed by atoms with Gasteiger partial charge in [0.15, 0.2) is 17.2 Å². The summed E-state index contributed by atoms with van der Waals surface area (Å²) in [4.78, 5) is 25.7. The zero-order chi connectivity index (χ0) is 21.0. The molecule has 1 amide bonds. The van der Waals surface area contributed by atoms with E-state index in [-0.39, 0.29) is 10.6 Å². The molecule has 0 aliphatic carbocycles. The predicted octanol–water partition coefficient (Wildman–Crippen LogP) is 5.58. The van der Waals surface area contributed by atoms with Gasteiger partial charge in [0.2, 0.25) is 6.34 Å². The van der Waals surface area contributed by atoms with E-state index in [4.69, 9.17) is 4.74 Å². The van der Waals surface area contributed by atoms with Crippen molar-refractivity contribution in [1.29, 1.82) is 0 Å². The van der Waals surface area contributed by atoms with E-state index in [0.29, 0.717) is 17.2 Å². The first-order valence-corrected chi connectivity index (χ1v) is 10.1. The predicted molar refractivity (Wildman–Crippen MR) is 121 cm³/mol. The van der Waals surface area contributed by atoms with Crippen molar-refractivity contribution in [3.05, 3.63) is 34.8 Å². The summed E-state index contributed by atoms with van der Waals surface area (Å²) in [7, 11) is 3.58. The lowest BCUT2D eigenvalue weighted by atomic mass is 10.1. The summed E-state index contributed by atoms with van der Waals surface area (Å²) in [5.41, 5.74) is 3.39. The third kappa shape index (κ3) is 3.32. The fourth-order valence-corrected chi connectivity index (χ4v) is 3.82. The number of nitrogens with one attached hydrogen (secondary N) is 2. The Morgan fingerprint density at radius 2 is 2.03 bits per heavy atom. The normalized spacial score (nSPS) is 18.1. The molecule has 1 aliphatic rings. The van der Waals surface area contributed by atoms with E-state index in [0.717, 1.165) is 26.8 Å². The zero-order valence-corrected chi connectivity index (χ0v) is 18.6. The fraction of sp³-hybridized carbons (Fsp3) is 0.286. The standard InChI is InChI=1S/C21H23BrN5O2/c1-21(2,3)29-20(28)27(5)11-24-16-17(27)14-10-15(12-7-6-8-13(22)9-12)25-18(14)26-19(16)23-4/h6-11H,1-5H3,(H2,23,25,26)/q+1. The largest absolute Gasteiger partial charge is 0.527 e. The third-order valence-electron chi connectivity index (χ3n) is 4.75. The highest BCUT2D eigenvalue weighted by atomic mass is 79.9. The van der Waals surface area contributed by atoms with Crippen molar-refractivity contribution in [2.24, 2.45) is 4.99 Å². The van der Waals surface area contributed by atoms with Gasteiger partial charge in [-0.15, -0.1) is 4.48 Å². The second-order valence-electron chi connectivity index (χ2n) is 8.16. The molecule has 3 aromatic rings. The second kappa shape index (κ2) is 6.67. The topological polar surface area (TPSA) is 79.4 Å². The van der Waals surface area contributed by atoms with E-state index in [9.17, 15) is 4.79 Å². The van der Waals surface area contributed by atoms with Gasteiger partial charge in [-0.1, -0.05) is 28.1 Å². The molecule has 4 rings (SSSR count). The van der Waals surface area contributed by atoms with Gasteiger partial charge in [0, 0.05) is 17.2 Å². The Hall–Kier alpha value is -2.71. The SMILES string of the molecule is CNc1nc2[nH]c(-c3cccc(Br)c3)cc2c2c1N=C[N+]2(C)C(=O)OC(C)(C)C. The number of hydrogen-bond donors (Lipinski definition) is 2. The smallest absolute Gasteiger partial charge is 0.414 e. The van der Waals surface area contributed by atoms with Crippen molar-refractivity contribution in [3.8, 4) is 11.3 Å². The molecule has 1 aliphatic heterocycles. The molecule has 0 saturated carbocycles. The first kappa shape index (κ1) is 19.6. The van der Waals surface area contributed by atoms with Crippen LogP contribution in [0.1, 0.15) is 20.8 Å². The molecule has 0 radical (unpaired) electrons. The number of rotatable bonds is 2. The second-order valence-corrected chi connectivity index (χ2v) is 9.08. The van der Waals surface area contributed by atoms with Crippen LogP contribution in [0, 0.1) is 0 Å². The van der Waals surface area contributed by atoms with E-state index in [2.05, 4.69) is 36.2 Å². The molecule has 1 atom stereocenters. The minimum absolute atomic E-state index is 0.184. The van der Waals surface area contributed by atoms with Crippen LogP contribution in [0.25, 0.3) is 22.3 Å². The van der Waals surface area contributed by atoms with Gasteiger partial charge in [-0.3, -0.25) is 0 Å². The molecule has 7 nitrogen and oxygen atoms in total. The lowest BCUT2D eigenvalue weighted by Gasteiger charge is -2.27. The van der Waals surface area contributed by atoms with Crippen LogP contribution < -0.4 is 9.80 Å². The van der Waals surface area contributed by atoms with E-state index in [1.165, 1.54) is 0 Å². The molecule has 0 spiro atoms. The number of fused-ring (bicyclic) bond motifs is 3. The van der Waals surface area contributed by atoms with Gasteiger partial charge in [0.1, 0.15) is 11.2 Å². The number of ether oxygens (including phenoxy) is 1. The maximum absolute atomic E-state index is 13.1. The number of quaternary nitrogens is 1. The van der Waals surface area contributed by atoms with Crippen LogP contribution in [0.4, 0.5) is 22.0 Å². The summed E-state index contributed by atoms with van der Waals surface area (Å²) in [6, 6.07) is 10.0. The summed E-state index contributed by atoms with van der Waals surface area (Å²) < 4.78 is 6.50. The molecule has 150 valence electrons. The number of pyridine rings is 1. The molecule has 2 aromatic heterocycles. The van der Waals surface area contributed by atoms with Crippen molar-refractivity contribution in [2.75, 3.05) is 19.4 Å². The maximum Gasteiger partial charge on any atom is 0.527 e. The summed E-state index contributed by atoms with van der Waals surface area (Å²) in [6.07, 6.45) is 1.21. The fourth-order valence-electron chi connectivity index (χ4n) is 3.42. The molecule has 2 N–H and O–H groups in total. The number of benzene rings is 1. The van der Waals surface area contributed by atoms with Crippen LogP contribution in [-0.2, 0) is 4.74 Å². The molecule has 0 saturated heterocycles. The number of carbonyl (C=O) groups is 1. The molecule has 0 fully saturated rings. The Bertz CT molecular complexity index is 1160. The Morgan fingerprint density at radius 3 is 2.69 bits per heavy atom. The molecular weight excluding hydrogens is 434 g/mol. The van der Waals surface area contributed by atoms with Gasteiger partial charge in [-0.25, -0.2) is 4.98 Å². The van der Waals surface area contributed by atoms with E-state index >= 15 is 0 Å². The highest BCUT2D eigenvalue weighted by Crippen LogP contribution is 2.47. The van der Waals surface area contributed by atoms with Crippen molar-refractivity contribution < 1.29 is 9.53 Å². The van der Waals surface area contributed by atoms with Crippen molar-refractivity contribution in [1.82, 2.24) is 14.5 Å². The zero-order valence-electron chi connectivity index (χ0n) is 17.0. The Labute approximate surface area is 177 Å². The Balaban J connectivity index is 1.93. The molecule has 0 bridgehead atoms. The number of nitrogens with zero attached hydrogens (tertiary/aromatic N) is 3.